The maximum Gasteiger partial charge on any atom is 0.0399 e. The summed E-state index contributed by atoms with van der Waals surface area (Å²) >= 11 is 0. The van der Waals surface area contributed by atoms with E-state index in [1.807, 2.05) is 0 Å². The Morgan fingerprint density at radius 2 is 2.06 bits per heavy atom. The number of hydrogen-bond donors (Lipinski definition) is 1. The fourth-order valence-electron chi connectivity index (χ4n) is 3.08. The summed E-state index contributed by atoms with van der Waals surface area (Å²) in [5.41, 5.74) is 9.32. The fourth-order valence-corrected chi connectivity index (χ4v) is 3.08. The summed E-state index contributed by atoms with van der Waals surface area (Å²) < 4.78 is 0. The number of nitrogens with two attached hydrogens (primary N) is 1. The molecule has 1 aliphatic heterocycles. The molecule has 2 heteroatoms. The molecule has 0 aromatic heterocycles. The highest BCUT2D eigenvalue weighted by atomic mass is 15.2. The highest BCUT2D eigenvalue weighted by Crippen LogP contribution is 2.42. The second-order valence-electron chi connectivity index (χ2n) is 5.36. The lowest BCUT2D eigenvalue weighted by Crippen LogP contribution is -2.46. The molecule has 1 aliphatic carbocycles. The summed E-state index contributed by atoms with van der Waals surface area (Å²) in [6.45, 7) is 3.20. The van der Waals surface area contributed by atoms with Crippen molar-refractivity contribution >= 4 is 5.69 Å². The van der Waals surface area contributed by atoms with Crippen molar-refractivity contribution in [3.63, 3.8) is 0 Å². The van der Waals surface area contributed by atoms with Gasteiger partial charge in [0, 0.05) is 24.2 Å². The van der Waals surface area contributed by atoms with Crippen LogP contribution < -0.4 is 10.6 Å². The number of anilines is 1. The highest BCUT2D eigenvalue weighted by molar-refractivity contribution is 5.58. The van der Waals surface area contributed by atoms with Crippen molar-refractivity contribution in [1.29, 1.82) is 0 Å². The maximum atomic E-state index is 5.94. The Morgan fingerprint density at radius 1 is 1.25 bits per heavy atom. The van der Waals surface area contributed by atoms with Crippen molar-refractivity contribution in [1.82, 2.24) is 0 Å². The first-order valence-corrected chi connectivity index (χ1v) is 6.36. The van der Waals surface area contributed by atoms with E-state index < -0.39 is 0 Å². The van der Waals surface area contributed by atoms with E-state index in [-0.39, 0.29) is 0 Å². The van der Waals surface area contributed by atoms with Crippen molar-refractivity contribution in [3.8, 4) is 0 Å². The molecule has 1 heterocycles. The van der Waals surface area contributed by atoms with Crippen molar-refractivity contribution in [2.24, 2.45) is 11.1 Å². The van der Waals surface area contributed by atoms with Gasteiger partial charge in [0.15, 0.2) is 0 Å². The lowest BCUT2D eigenvalue weighted by Gasteiger charge is -2.44. The minimum absolute atomic E-state index is 0.428. The summed E-state index contributed by atoms with van der Waals surface area (Å²) in [6, 6.07) is 8.80. The third kappa shape index (κ3) is 1.52. The summed E-state index contributed by atoms with van der Waals surface area (Å²) in [5, 5.41) is 0. The monoisotopic (exact) mass is 216 g/mol. The molecule has 0 saturated heterocycles. The predicted molar refractivity (Wildman–Crippen MR) is 67.7 cm³/mol. The van der Waals surface area contributed by atoms with Crippen LogP contribution in [-0.2, 0) is 6.42 Å². The van der Waals surface area contributed by atoms with Crippen LogP contribution in [-0.4, -0.2) is 19.6 Å². The van der Waals surface area contributed by atoms with E-state index in [1.165, 1.54) is 50.0 Å². The normalized spacial score (nSPS) is 21.7. The summed E-state index contributed by atoms with van der Waals surface area (Å²) in [6.07, 6.45) is 5.22. The number of hydrogen-bond acceptors (Lipinski definition) is 2. The molecule has 16 heavy (non-hydrogen) atoms. The molecule has 2 aliphatic rings. The van der Waals surface area contributed by atoms with Gasteiger partial charge in [-0.05, 0) is 37.4 Å². The minimum atomic E-state index is 0.428. The minimum Gasteiger partial charge on any atom is -0.370 e. The largest absolute Gasteiger partial charge is 0.370 e. The third-order valence-electron chi connectivity index (χ3n) is 4.36. The summed E-state index contributed by atoms with van der Waals surface area (Å²) in [5.74, 6) is 0. The van der Waals surface area contributed by atoms with Crippen LogP contribution in [0, 0.1) is 5.41 Å². The molecule has 1 aromatic carbocycles. The molecule has 2 nitrogen and oxygen atoms in total. The van der Waals surface area contributed by atoms with Gasteiger partial charge in [-0.2, -0.15) is 0 Å². The standard InChI is InChI=1S/C14H20N2/c15-10-14(7-3-8-14)11-16-9-6-12-4-1-2-5-13(12)16/h1-2,4-5H,3,6-11,15H2. The van der Waals surface area contributed by atoms with E-state index in [9.17, 15) is 0 Å². The van der Waals surface area contributed by atoms with Gasteiger partial charge in [0.25, 0.3) is 0 Å². The van der Waals surface area contributed by atoms with E-state index in [0.29, 0.717) is 5.41 Å². The van der Waals surface area contributed by atoms with Crippen molar-refractivity contribution in [2.75, 3.05) is 24.5 Å². The van der Waals surface area contributed by atoms with Gasteiger partial charge in [0.1, 0.15) is 0 Å². The molecule has 0 spiro atoms. The molecule has 0 radical (unpaired) electrons. The number of benzene rings is 1. The van der Waals surface area contributed by atoms with Gasteiger partial charge < -0.3 is 10.6 Å². The van der Waals surface area contributed by atoms with Gasteiger partial charge in [-0.1, -0.05) is 24.6 Å². The number of fused-ring (bicyclic) bond motifs is 1. The second kappa shape index (κ2) is 3.77. The van der Waals surface area contributed by atoms with E-state index in [1.54, 1.807) is 0 Å². The smallest absolute Gasteiger partial charge is 0.0399 e. The molecule has 1 saturated carbocycles. The van der Waals surface area contributed by atoms with Crippen LogP contribution in [0.2, 0.25) is 0 Å². The predicted octanol–water partition coefficient (Wildman–Crippen LogP) is 2.18. The first-order chi connectivity index (χ1) is 7.83. The van der Waals surface area contributed by atoms with Gasteiger partial charge in [0.2, 0.25) is 0 Å². The van der Waals surface area contributed by atoms with Crippen molar-refractivity contribution in [3.05, 3.63) is 29.8 Å². The van der Waals surface area contributed by atoms with Crippen LogP contribution >= 0.6 is 0 Å². The first-order valence-electron chi connectivity index (χ1n) is 6.36. The summed E-state index contributed by atoms with van der Waals surface area (Å²) in [7, 11) is 0. The average molecular weight is 216 g/mol. The molecule has 0 amide bonds. The molecule has 1 aromatic rings. The molecule has 2 N–H and O–H groups in total. The third-order valence-corrected chi connectivity index (χ3v) is 4.36. The Balaban J connectivity index is 1.78. The highest BCUT2D eigenvalue weighted by Gasteiger charge is 2.38. The topological polar surface area (TPSA) is 29.3 Å². The van der Waals surface area contributed by atoms with Crippen molar-refractivity contribution < 1.29 is 0 Å². The Labute approximate surface area is 97.4 Å². The fraction of sp³-hybridized carbons (Fsp3) is 0.571. The van der Waals surface area contributed by atoms with Crippen LogP contribution in [0.3, 0.4) is 0 Å². The van der Waals surface area contributed by atoms with Gasteiger partial charge in [-0.15, -0.1) is 0 Å². The summed E-state index contributed by atoms with van der Waals surface area (Å²) in [4.78, 5) is 2.54. The zero-order valence-electron chi connectivity index (χ0n) is 9.78. The van der Waals surface area contributed by atoms with E-state index >= 15 is 0 Å². The molecule has 3 rings (SSSR count). The van der Waals surface area contributed by atoms with Crippen LogP contribution in [0.1, 0.15) is 24.8 Å². The molecule has 1 fully saturated rings. The van der Waals surface area contributed by atoms with Gasteiger partial charge >= 0.3 is 0 Å². The van der Waals surface area contributed by atoms with Crippen LogP contribution in [0.15, 0.2) is 24.3 Å². The lowest BCUT2D eigenvalue weighted by atomic mass is 9.68. The Bertz CT molecular complexity index is 377. The van der Waals surface area contributed by atoms with Gasteiger partial charge in [-0.25, -0.2) is 0 Å². The first kappa shape index (κ1) is 10.2. The van der Waals surface area contributed by atoms with Crippen LogP contribution in [0.4, 0.5) is 5.69 Å². The molecule has 0 bridgehead atoms. The molecule has 0 atom stereocenters. The Morgan fingerprint density at radius 3 is 2.75 bits per heavy atom. The number of nitrogens with zero attached hydrogens (tertiary/aromatic N) is 1. The lowest BCUT2D eigenvalue weighted by molar-refractivity contribution is 0.153. The SMILES string of the molecule is NCC1(CN2CCc3ccccc32)CCC1. The van der Waals surface area contributed by atoms with Crippen LogP contribution in [0.25, 0.3) is 0 Å². The molecule has 86 valence electrons. The quantitative estimate of drug-likeness (QED) is 0.839. The van der Waals surface area contributed by atoms with E-state index in [2.05, 4.69) is 29.2 Å². The Hall–Kier alpha value is -1.02. The van der Waals surface area contributed by atoms with Crippen molar-refractivity contribution in [2.45, 2.75) is 25.7 Å². The maximum absolute atomic E-state index is 5.94. The van der Waals surface area contributed by atoms with E-state index in [0.717, 1.165) is 6.54 Å². The zero-order chi connectivity index (χ0) is 11.0. The molecular formula is C14H20N2. The average Bonchev–Trinajstić information content (AvgIpc) is 2.67. The van der Waals surface area contributed by atoms with Crippen LogP contribution in [0.5, 0.6) is 0 Å². The van der Waals surface area contributed by atoms with E-state index in [4.69, 9.17) is 5.73 Å². The Kier molecular flexibility index (Phi) is 2.40. The molecule has 0 unspecified atom stereocenters. The van der Waals surface area contributed by atoms with Gasteiger partial charge in [0.05, 0.1) is 0 Å². The number of rotatable bonds is 3. The molecular weight excluding hydrogens is 196 g/mol. The zero-order valence-corrected chi connectivity index (χ0v) is 9.78. The second-order valence-corrected chi connectivity index (χ2v) is 5.36. The number of para-hydroxylation sites is 1. The van der Waals surface area contributed by atoms with Gasteiger partial charge in [-0.3, -0.25) is 0 Å².